The number of hydrogen-bond donors (Lipinski definition) is 4. The van der Waals surface area contributed by atoms with Crippen molar-refractivity contribution in [2.75, 3.05) is 39.5 Å². The van der Waals surface area contributed by atoms with Gasteiger partial charge in [0.2, 0.25) is 17.7 Å². The Kier molecular flexibility index (Phi) is 8.91. The SMILES string of the molecule is Cc1ccc(C2CC2(NC(=O)[C@H](C)NC(=O)CN2CCOCC2)C(=O)N[C@@H](CC2CCCC2)C(=O)[C@@]2(C)CO2)cc1O. The summed E-state index contributed by atoms with van der Waals surface area (Å²) in [6, 6.07) is 3.63. The molecule has 4 N–H and O–H groups in total. The summed E-state index contributed by atoms with van der Waals surface area (Å²) in [5, 5.41) is 19.0. The summed E-state index contributed by atoms with van der Waals surface area (Å²) in [4.78, 5) is 55.5. The van der Waals surface area contributed by atoms with Crippen molar-refractivity contribution in [3.05, 3.63) is 29.3 Å². The number of nitrogens with one attached hydrogen (secondary N) is 3. The summed E-state index contributed by atoms with van der Waals surface area (Å²) in [6.07, 6.45) is 5.11. The highest BCUT2D eigenvalue weighted by molar-refractivity contribution is 6.02. The van der Waals surface area contributed by atoms with Crippen molar-refractivity contribution in [1.29, 1.82) is 0 Å². The Balaban J connectivity index is 1.31. The number of carbonyl (C=O) groups is 4. The smallest absolute Gasteiger partial charge is 0.247 e. The Labute approximate surface area is 247 Å². The molecule has 0 spiro atoms. The van der Waals surface area contributed by atoms with Crippen LogP contribution in [-0.4, -0.2) is 96.2 Å². The van der Waals surface area contributed by atoms with Crippen LogP contribution in [0.15, 0.2) is 18.2 Å². The largest absolute Gasteiger partial charge is 0.508 e. The van der Waals surface area contributed by atoms with Crippen LogP contribution in [-0.2, 0) is 28.7 Å². The molecule has 2 heterocycles. The second-order valence-electron chi connectivity index (χ2n) is 12.7. The number of ether oxygens (including phenoxy) is 2. The minimum Gasteiger partial charge on any atom is -0.508 e. The molecule has 3 amide bonds. The Morgan fingerprint density at radius 3 is 2.45 bits per heavy atom. The van der Waals surface area contributed by atoms with Crippen LogP contribution in [0.25, 0.3) is 0 Å². The minimum absolute atomic E-state index is 0.108. The van der Waals surface area contributed by atoms with Gasteiger partial charge in [-0.15, -0.1) is 0 Å². The van der Waals surface area contributed by atoms with Gasteiger partial charge in [-0.1, -0.05) is 37.8 Å². The highest BCUT2D eigenvalue weighted by atomic mass is 16.6. The molecule has 1 aromatic carbocycles. The number of aromatic hydroxyl groups is 1. The standard InChI is InChI=1S/C31H44N4O7/c1-19-8-9-22(15-25(19)36)23-16-31(23,34-28(39)20(2)32-26(37)17-35-10-12-41-13-11-35)29(40)33-24(14-21-6-4-5-7-21)27(38)30(3)18-42-30/h8-9,15,20-21,23-24,36H,4-7,10-14,16-18H2,1-3H3,(H,32,37)(H,33,40)(H,34,39)/t20-,23?,24-,30+,31?/m0/s1. The molecule has 2 saturated heterocycles. The van der Waals surface area contributed by atoms with Gasteiger partial charge in [-0.3, -0.25) is 24.1 Å². The number of morpholine rings is 1. The zero-order valence-corrected chi connectivity index (χ0v) is 24.9. The summed E-state index contributed by atoms with van der Waals surface area (Å²) in [5.41, 5.74) is -0.789. The van der Waals surface area contributed by atoms with Crippen molar-refractivity contribution in [3.63, 3.8) is 0 Å². The van der Waals surface area contributed by atoms with Crippen LogP contribution in [0.3, 0.4) is 0 Å². The van der Waals surface area contributed by atoms with Gasteiger partial charge in [0.05, 0.1) is 32.4 Å². The normalized spacial score (nSPS) is 28.9. The van der Waals surface area contributed by atoms with Crippen molar-refractivity contribution in [1.82, 2.24) is 20.9 Å². The number of phenols is 1. The molecular formula is C31H44N4O7. The number of hydrogen-bond acceptors (Lipinski definition) is 8. The van der Waals surface area contributed by atoms with E-state index >= 15 is 0 Å². The van der Waals surface area contributed by atoms with Gasteiger partial charge in [-0.2, -0.15) is 0 Å². The van der Waals surface area contributed by atoms with E-state index in [2.05, 4.69) is 16.0 Å². The maximum atomic E-state index is 14.1. The molecule has 2 aliphatic carbocycles. The third-order valence-corrected chi connectivity index (χ3v) is 9.35. The van der Waals surface area contributed by atoms with E-state index in [0.717, 1.165) is 25.7 Å². The molecule has 0 bridgehead atoms. The number of phenolic OH excluding ortho intramolecular Hbond substituents is 1. The molecule has 2 unspecified atom stereocenters. The van der Waals surface area contributed by atoms with Gasteiger partial charge in [0, 0.05) is 19.0 Å². The topological polar surface area (TPSA) is 150 Å². The zero-order valence-electron chi connectivity index (χ0n) is 24.9. The van der Waals surface area contributed by atoms with Gasteiger partial charge in [0.15, 0.2) is 5.78 Å². The summed E-state index contributed by atoms with van der Waals surface area (Å²) in [7, 11) is 0. The number of ketones is 1. The summed E-state index contributed by atoms with van der Waals surface area (Å²) >= 11 is 0. The van der Waals surface area contributed by atoms with E-state index in [4.69, 9.17) is 9.47 Å². The molecular weight excluding hydrogens is 540 g/mol. The van der Waals surface area contributed by atoms with Crippen LogP contribution in [0, 0.1) is 12.8 Å². The van der Waals surface area contributed by atoms with Crippen molar-refractivity contribution >= 4 is 23.5 Å². The average Bonchev–Trinajstić information content (AvgIpc) is 3.83. The van der Waals surface area contributed by atoms with E-state index in [9.17, 15) is 24.3 Å². The van der Waals surface area contributed by atoms with Gasteiger partial charge in [0.1, 0.15) is 22.9 Å². The van der Waals surface area contributed by atoms with Crippen molar-refractivity contribution in [2.24, 2.45) is 5.92 Å². The highest BCUT2D eigenvalue weighted by Gasteiger charge is 2.63. The molecule has 4 aliphatic rings. The van der Waals surface area contributed by atoms with Gasteiger partial charge in [0.25, 0.3) is 0 Å². The molecule has 2 saturated carbocycles. The first-order chi connectivity index (χ1) is 20.0. The number of benzene rings is 1. The molecule has 1 aromatic rings. The molecule has 0 aromatic heterocycles. The lowest BCUT2D eigenvalue weighted by atomic mass is 9.90. The minimum atomic E-state index is -1.32. The van der Waals surface area contributed by atoms with E-state index < -0.39 is 41.0 Å². The lowest BCUT2D eigenvalue weighted by Crippen LogP contribution is -2.59. The van der Waals surface area contributed by atoms with Gasteiger partial charge >= 0.3 is 0 Å². The highest BCUT2D eigenvalue weighted by Crippen LogP contribution is 2.52. The number of rotatable bonds is 12. The number of epoxide rings is 1. The monoisotopic (exact) mass is 584 g/mol. The molecule has 11 heteroatoms. The van der Waals surface area contributed by atoms with Crippen LogP contribution >= 0.6 is 0 Å². The summed E-state index contributed by atoms with van der Waals surface area (Å²) in [5.74, 6) is -1.30. The van der Waals surface area contributed by atoms with E-state index in [1.807, 2.05) is 11.0 Å². The van der Waals surface area contributed by atoms with Crippen LogP contribution in [0.4, 0.5) is 0 Å². The third kappa shape index (κ3) is 6.79. The molecule has 230 valence electrons. The van der Waals surface area contributed by atoms with Crippen molar-refractivity contribution < 1.29 is 33.8 Å². The zero-order chi connectivity index (χ0) is 30.1. The Hall–Kier alpha value is -3.02. The third-order valence-electron chi connectivity index (χ3n) is 9.35. The number of aryl methyl sites for hydroxylation is 1. The number of amides is 3. The maximum Gasteiger partial charge on any atom is 0.247 e. The van der Waals surface area contributed by atoms with E-state index in [0.29, 0.717) is 62.8 Å². The van der Waals surface area contributed by atoms with Crippen LogP contribution in [0.1, 0.15) is 69.4 Å². The molecule has 5 atom stereocenters. The molecule has 42 heavy (non-hydrogen) atoms. The first kappa shape index (κ1) is 30.4. The predicted octanol–water partition coefficient (Wildman–Crippen LogP) is 1.30. The van der Waals surface area contributed by atoms with Gasteiger partial charge in [-0.25, -0.2) is 0 Å². The first-order valence-corrected chi connectivity index (χ1v) is 15.2. The second kappa shape index (κ2) is 12.3. The first-order valence-electron chi connectivity index (χ1n) is 15.2. The average molecular weight is 585 g/mol. The Bertz CT molecular complexity index is 1210. The summed E-state index contributed by atoms with van der Waals surface area (Å²) in [6.45, 7) is 8.03. The Morgan fingerprint density at radius 1 is 1.12 bits per heavy atom. The summed E-state index contributed by atoms with van der Waals surface area (Å²) < 4.78 is 10.8. The van der Waals surface area contributed by atoms with Crippen molar-refractivity contribution in [2.45, 2.75) is 88.4 Å². The molecule has 11 nitrogen and oxygen atoms in total. The van der Waals surface area contributed by atoms with Crippen LogP contribution < -0.4 is 16.0 Å². The fourth-order valence-electron chi connectivity index (χ4n) is 6.31. The fraction of sp³-hybridized carbons (Fsp3) is 0.677. The molecule has 0 radical (unpaired) electrons. The van der Waals surface area contributed by atoms with E-state index in [1.54, 1.807) is 32.9 Å². The Morgan fingerprint density at radius 2 is 1.81 bits per heavy atom. The van der Waals surface area contributed by atoms with Crippen molar-refractivity contribution in [3.8, 4) is 5.75 Å². The number of nitrogens with zero attached hydrogens (tertiary/aromatic N) is 1. The quantitative estimate of drug-likeness (QED) is 0.269. The lowest BCUT2D eigenvalue weighted by Gasteiger charge is -2.28. The fourth-order valence-corrected chi connectivity index (χ4v) is 6.31. The number of carbonyl (C=O) groups excluding carboxylic acids is 4. The van der Waals surface area contributed by atoms with Gasteiger partial charge in [-0.05, 0) is 56.7 Å². The molecule has 2 aliphatic heterocycles. The van der Waals surface area contributed by atoms with Crippen LogP contribution in [0.2, 0.25) is 0 Å². The van der Waals surface area contributed by atoms with E-state index in [-0.39, 0.29) is 24.0 Å². The molecule has 5 rings (SSSR count). The van der Waals surface area contributed by atoms with Gasteiger partial charge < -0.3 is 30.5 Å². The lowest BCUT2D eigenvalue weighted by molar-refractivity contribution is -0.135. The molecule has 4 fully saturated rings. The predicted molar refractivity (Wildman–Crippen MR) is 154 cm³/mol. The van der Waals surface area contributed by atoms with Crippen LogP contribution in [0.5, 0.6) is 5.75 Å². The number of Topliss-reactive ketones (excluding diaryl/α,β-unsaturated/α-hetero) is 1. The van der Waals surface area contributed by atoms with E-state index in [1.165, 1.54) is 0 Å². The maximum absolute atomic E-state index is 14.1. The second-order valence-corrected chi connectivity index (χ2v) is 12.7.